The predicted molar refractivity (Wildman–Crippen MR) is 50.2 cm³/mol. The van der Waals surface area contributed by atoms with Gasteiger partial charge in [0.1, 0.15) is 4.21 Å². The van der Waals surface area contributed by atoms with E-state index < -0.39 is 16.0 Å². The highest BCUT2D eigenvalue weighted by Crippen LogP contribution is 2.21. The summed E-state index contributed by atoms with van der Waals surface area (Å²) in [5.74, 6) is 3.80. The molecule has 1 aromatic heterocycles. The zero-order valence-electron chi connectivity index (χ0n) is 6.93. The van der Waals surface area contributed by atoms with Gasteiger partial charge in [0.15, 0.2) is 0 Å². The van der Waals surface area contributed by atoms with Crippen molar-refractivity contribution < 1.29 is 18.3 Å². The average Bonchev–Trinajstić information content (AvgIpc) is 2.52. The lowest BCUT2D eigenvalue weighted by molar-refractivity contribution is -0.136. The summed E-state index contributed by atoms with van der Waals surface area (Å²) in [5.41, 5.74) is 0. The Kier molecular flexibility index (Phi) is 3.21. The summed E-state index contributed by atoms with van der Waals surface area (Å²) in [4.78, 5) is 12.4. The van der Waals surface area contributed by atoms with Gasteiger partial charge in [-0.25, -0.2) is 8.42 Å². The van der Waals surface area contributed by atoms with Crippen molar-refractivity contribution in [2.24, 2.45) is 5.84 Å². The van der Waals surface area contributed by atoms with Crippen LogP contribution in [-0.4, -0.2) is 19.5 Å². The van der Waals surface area contributed by atoms with Gasteiger partial charge >= 0.3 is 5.97 Å². The van der Waals surface area contributed by atoms with Gasteiger partial charge in [-0.2, -0.15) is 0 Å². The third-order valence-corrected chi connectivity index (χ3v) is 4.15. The maximum Gasteiger partial charge on any atom is 0.308 e. The SMILES string of the molecule is NNS(=O)(=O)c1ccc(CC(=O)O)s1. The minimum absolute atomic E-state index is 0.0104. The molecule has 0 aliphatic rings. The van der Waals surface area contributed by atoms with Crippen LogP contribution in [-0.2, 0) is 21.2 Å². The number of sulfonamides is 1. The number of rotatable bonds is 4. The number of hydrazine groups is 1. The van der Waals surface area contributed by atoms with Crippen LogP contribution < -0.4 is 10.7 Å². The third kappa shape index (κ3) is 2.51. The Morgan fingerprint density at radius 1 is 1.57 bits per heavy atom. The van der Waals surface area contributed by atoms with Crippen LogP contribution in [0.2, 0.25) is 0 Å². The van der Waals surface area contributed by atoms with Gasteiger partial charge < -0.3 is 5.11 Å². The highest BCUT2D eigenvalue weighted by Gasteiger charge is 2.15. The average molecular weight is 236 g/mol. The summed E-state index contributed by atoms with van der Waals surface area (Å²) in [6.07, 6.45) is -0.190. The van der Waals surface area contributed by atoms with Gasteiger partial charge in [-0.1, -0.05) is 0 Å². The normalized spacial score (nSPS) is 11.5. The van der Waals surface area contributed by atoms with Crippen LogP contribution in [0, 0.1) is 0 Å². The van der Waals surface area contributed by atoms with E-state index in [-0.39, 0.29) is 10.6 Å². The molecule has 0 saturated carbocycles. The molecule has 14 heavy (non-hydrogen) atoms. The molecule has 0 aliphatic heterocycles. The first-order valence-corrected chi connectivity index (χ1v) is 5.78. The second-order valence-corrected chi connectivity index (χ2v) is 5.52. The van der Waals surface area contributed by atoms with Gasteiger partial charge in [0.05, 0.1) is 6.42 Å². The molecule has 6 nitrogen and oxygen atoms in total. The molecule has 0 amide bonds. The monoisotopic (exact) mass is 236 g/mol. The highest BCUT2D eigenvalue weighted by molar-refractivity contribution is 7.91. The maximum atomic E-state index is 11.1. The number of nitrogens with two attached hydrogens (primary N) is 1. The summed E-state index contributed by atoms with van der Waals surface area (Å²) in [5, 5.41) is 8.45. The molecule has 0 aromatic carbocycles. The van der Waals surface area contributed by atoms with Crippen LogP contribution in [0.25, 0.3) is 0 Å². The van der Waals surface area contributed by atoms with Crippen molar-refractivity contribution in [3.63, 3.8) is 0 Å². The van der Waals surface area contributed by atoms with Gasteiger partial charge in [-0.05, 0) is 12.1 Å². The zero-order chi connectivity index (χ0) is 10.8. The lowest BCUT2D eigenvalue weighted by Crippen LogP contribution is -2.29. The van der Waals surface area contributed by atoms with Crippen LogP contribution in [0.1, 0.15) is 4.88 Å². The lowest BCUT2D eigenvalue weighted by atomic mass is 10.3. The summed E-state index contributed by atoms with van der Waals surface area (Å²) >= 11 is 0.881. The van der Waals surface area contributed by atoms with Crippen LogP contribution in [0.3, 0.4) is 0 Å². The van der Waals surface area contributed by atoms with Gasteiger partial charge in [0.2, 0.25) is 0 Å². The minimum Gasteiger partial charge on any atom is -0.481 e. The fourth-order valence-corrected chi connectivity index (χ4v) is 2.80. The molecule has 4 N–H and O–H groups in total. The molecule has 0 atom stereocenters. The number of thiophene rings is 1. The number of aliphatic carboxylic acids is 1. The number of hydrogen-bond donors (Lipinski definition) is 3. The van der Waals surface area contributed by atoms with Gasteiger partial charge in [0, 0.05) is 4.88 Å². The van der Waals surface area contributed by atoms with E-state index in [1.807, 2.05) is 0 Å². The first-order valence-electron chi connectivity index (χ1n) is 3.48. The van der Waals surface area contributed by atoms with Crippen LogP contribution >= 0.6 is 11.3 Å². The summed E-state index contributed by atoms with van der Waals surface area (Å²) in [6.45, 7) is 0. The minimum atomic E-state index is -3.66. The quantitative estimate of drug-likeness (QED) is 0.483. The van der Waals surface area contributed by atoms with Crippen molar-refractivity contribution in [2.75, 3.05) is 0 Å². The Balaban J connectivity index is 2.94. The van der Waals surface area contributed by atoms with E-state index in [9.17, 15) is 13.2 Å². The first-order chi connectivity index (χ1) is 6.45. The fraction of sp³-hybridized carbons (Fsp3) is 0.167. The Morgan fingerprint density at radius 3 is 2.71 bits per heavy atom. The number of carboxylic acids is 1. The van der Waals surface area contributed by atoms with Crippen LogP contribution in [0.4, 0.5) is 0 Å². The van der Waals surface area contributed by atoms with Crippen molar-refractivity contribution in [1.29, 1.82) is 0 Å². The molecule has 0 aliphatic carbocycles. The summed E-state index contributed by atoms with van der Waals surface area (Å²) in [6, 6.07) is 2.77. The number of carboxylic acid groups (broad SMARTS) is 1. The second-order valence-electron chi connectivity index (χ2n) is 2.41. The summed E-state index contributed by atoms with van der Waals surface area (Å²) in [7, 11) is -3.66. The Labute approximate surface area is 84.4 Å². The zero-order valence-corrected chi connectivity index (χ0v) is 8.56. The molecule has 0 saturated heterocycles. The Hall–Kier alpha value is -0.960. The molecule has 1 heterocycles. The van der Waals surface area contributed by atoms with E-state index in [2.05, 4.69) is 0 Å². The van der Waals surface area contributed by atoms with Crippen molar-refractivity contribution in [3.8, 4) is 0 Å². The predicted octanol–water partition coefficient (Wildman–Crippen LogP) is -0.473. The van der Waals surface area contributed by atoms with E-state index in [1.54, 1.807) is 4.83 Å². The molecule has 0 radical (unpaired) electrons. The fourth-order valence-electron chi connectivity index (χ4n) is 0.805. The molecule has 8 heteroatoms. The molecular weight excluding hydrogens is 228 g/mol. The van der Waals surface area contributed by atoms with Crippen molar-refractivity contribution in [3.05, 3.63) is 17.0 Å². The van der Waals surface area contributed by atoms with Gasteiger partial charge in [0.25, 0.3) is 10.0 Å². The molecule has 0 unspecified atom stereocenters. The molecule has 1 aromatic rings. The summed E-state index contributed by atoms with van der Waals surface area (Å²) < 4.78 is 22.3. The largest absolute Gasteiger partial charge is 0.481 e. The molecule has 1 rings (SSSR count). The van der Waals surface area contributed by atoms with Crippen LogP contribution in [0.15, 0.2) is 16.3 Å². The van der Waals surface area contributed by atoms with Gasteiger partial charge in [-0.3, -0.25) is 10.6 Å². The van der Waals surface area contributed by atoms with E-state index in [1.165, 1.54) is 12.1 Å². The van der Waals surface area contributed by atoms with Crippen LogP contribution in [0.5, 0.6) is 0 Å². The molecule has 0 fully saturated rings. The van der Waals surface area contributed by atoms with E-state index in [4.69, 9.17) is 10.9 Å². The molecule has 78 valence electrons. The first kappa shape index (κ1) is 11.1. The third-order valence-electron chi connectivity index (χ3n) is 1.38. The smallest absolute Gasteiger partial charge is 0.308 e. The van der Waals surface area contributed by atoms with Crippen molar-refractivity contribution >= 4 is 27.3 Å². The number of carbonyl (C=O) groups is 1. The maximum absolute atomic E-state index is 11.1. The highest BCUT2D eigenvalue weighted by atomic mass is 32.2. The Bertz CT molecular complexity index is 436. The van der Waals surface area contributed by atoms with E-state index >= 15 is 0 Å². The van der Waals surface area contributed by atoms with E-state index in [0.717, 1.165) is 11.3 Å². The Morgan fingerprint density at radius 2 is 2.21 bits per heavy atom. The van der Waals surface area contributed by atoms with E-state index in [0.29, 0.717) is 4.88 Å². The number of nitrogens with one attached hydrogen (secondary N) is 1. The standard InChI is InChI=1S/C6H8N2O4S2/c7-8-14(11,12)6-2-1-4(13-6)3-5(9)10/h1-2,8H,3,7H2,(H,9,10). The molecular formula is C6H8N2O4S2. The van der Waals surface area contributed by atoms with Crippen molar-refractivity contribution in [1.82, 2.24) is 4.83 Å². The molecule has 0 spiro atoms. The second kappa shape index (κ2) is 4.05. The van der Waals surface area contributed by atoms with Crippen molar-refractivity contribution in [2.45, 2.75) is 10.6 Å². The lowest BCUT2D eigenvalue weighted by Gasteiger charge is -1.95. The van der Waals surface area contributed by atoms with Gasteiger partial charge in [-0.15, -0.1) is 16.2 Å². The topological polar surface area (TPSA) is 109 Å². The molecule has 0 bridgehead atoms. The number of hydrogen-bond acceptors (Lipinski definition) is 5.